The lowest BCUT2D eigenvalue weighted by Crippen LogP contribution is -2.26. The minimum Gasteiger partial charge on any atom is -0.397 e. The number of hydrogen-bond acceptors (Lipinski definition) is 5. The summed E-state index contributed by atoms with van der Waals surface area (Å²) < 4.78 is 21.8. The fourth-order valence-electron chi connectivity index (χ4n) is 1.25. The molecular formula is C10H14ClN3O3S. The smallest absolute Gasteiger partial charge is 0.254 e. The van der Waals surface area contributed by atoms with Gasteiger partial charge in [0, 0.05) is 12.8 Å². The molecule has 0 saturated carbocycles. The zero-order valence-electron chi connectivity index (χ0n) is 9.81. The van der Waals surface area contributed by atoms with Gasteiger partial charge < -0.3 is 11.1 Å². The summed E-state index contributed by atoms with van der Waals surface area (Å²) in [5.41, 5.74) is 6.01. The Balaban J connectivity index is 2.53. The molecule has 0 spiro atoms. The number of amides is 1. The Bertz CT molecular complexity index is 545. The molecule has 1 amide bonds. The quantitative estimate of drug-likeness (QED) is 0.607. The molecular weight excluding hydrogens is 278 g/mol. The molecule has 8 heteroatoms. The highest BCUT2D eigenvalue weighted by molar-refractivity contribution is 7.90. The number of pyridine rings is 1. The minimum atomic E-state index is -3.01. The van der Waals surface area contributed by atoms with Crippen molar-refractivity contribution in [3.05, 3.63) is 23.0 Å². The van der Waals surface area contributed by atoms with Gasteiger partial charge in [0.05, 0.1) is 23.2 Å². The summed E-state index contributed by atoms with van der Waals surface area (Å²) >= 11 is 5.75. The van der Waals surface area contributed by atoms with Crippen LogP contribution in [-0.2, 0) is 9.84 Å². The average molecular weight is 292 g/mol. The Labute approximate surface area is 110 Å². The van der Waals surface area contributed by atoms with Crippen molar-refractivity contribution in [2.75, 3.05) is 24.3 Å². The second kappa shape index (κ2) is 6.01. The zero-order chi connectivity index (χ0) is 13.8. The van der Waals surface area contributed by atoms with Crippen LogP contribution in [0.25, 0.3) is 0 Å². The van der Waals surface area contributed by atoms with Crippen molar-refractivity contribution in [3.8, 4) is 0 Å². The maximum Gasteiger partial charge on any atom is 0.254 e. The van der Waals surface area contributed by atoms with Gasteiger partial charge in [-0.2, -0.15) is 0 Å². The summed E-state index contributed by atoms with van der Waals surface area (Å²) in [6, 6.07) is 1.42. The van der Waals surface area contributed by atoms with Crippen molar-refractivity contribution < 1.29 is 13.2 Å². The van der Waals surface area contributed by atoms with Crippen LogP contribution in [0.1, 0.15) is 16.8 Å². The van der Waals surface area contributed by atoms with E-state index >= 15 is 0 Å². The highest BCUT2D eigenvalue weighted by Gasteiger charge is 2.11. The van der Waals surface area contributed by atoms with Crippen LogP contribution in [-0.4, -0.2) is 37.9 Å². The first-order valence-corrected chi connectivity index (χ1v) is 7.60. The topological polar surface area (TPSA) is 102 Å². The van der Waals surface area contributed by atoms with Crippen LogP contribution in [0.4, 0.5) is 5.69 Å². The molecule has 0 aliphatic carbocycles. The predicted octanol–water partition coefficient (Wildman–Crippen LogP) is 0.482. The number of nitrogens with one attached hydrogen (secondary N) is 1. The lowest BCUT2D eigenvalue weighted by Gasteiger charge is -2.06. The molecule has 0 fully saturated rings. The van der Waals surface area contributed by atoms with Gasteiger partial charge >= 0.3 is 0 Å². The van der Waals surface area contributed by atoms with E-state index in [4.69, 9.17) is 17.3 Å². The largest absolute Gasteiger partial charge is 0.397 e. The van der Waals surface area contributed by atoms with Gasteiger partial charge in [0.1, 0.15) is 15.0 Å². The lowest BCUT2D eigenvalue weighted by atomic mass is 10.2. The van der Waals surface area contributed by atoms with Gasteiger partial charge in [-0.15, -0.1) is 0 Å². The van der Waals surface area contributed by atoms with E-state index in [2.05, 4.69) is 10.3 Å². The van der Waals surface area contributed by atoms with Crippen LogP contribution in [0.5, 0.6) is 0 Å². The maximum atomic E-state index is 11.7. The molecule has 0 aliphatic heterocycles. The number of nitrogens with two attached hydrogens (primary N) is 1. The summed E-state index contributed by atoms with van der Waals surface area (Å²) in [4.78, 5) is 15.5. The third kappa shape index (κ3) is 4.89. The van der Waals surface area contributed by atoms with Crippen LogP contribution in [0.2, 0.25) is 5.15 Å². The number of rotatable bonds is 5. The van der Waals surface area contributed by atoms with Gasteiger partial charge in [-0.05, 0) is 12.5 Å². The molecule has 0 aliphatic rings. The van der Waals surface area contributed by atoms with Crippen LogP contribution >= 0.6 is 11.6 Å². The summed E-state index contributed by atoms with van der Waals surface area (Å²) in [6.45, 7) is 0.247. The maximum absolute atomic E-state index is 11.7. The third-order valence-electron chi connectivity index (χ3n) is 2.08. The first-order valence-electron chi connectivity index (χ1n) is 5.16. The van der Waals surface area contributed by atoms with E-state index in [0.717, 1.165) is 6.26 Å². The monoisotopic (exact) mass is 291 g/mol. The van der Waals surface area contributed by atoms with E-state index in [1.54, 1.807) is 0 Å². The standard InChI is InChI=1S/C10H14ClN3O3S/c1-18(16,17)4-2-3-13-10(15)8-5-7(12)6-14-9(8)11/h5-6H,2-4,12H2,1H3,(H,13,15). The Hall–Kier alpha value is -1.34. The normalized spacial score (nSPS) is 11.2. The molecule has 0 saturated heterocycles. The molecule has 0 unspecified atom stereocenters. The lowest BCUT2D eigenvalue weighted by molar-refractivity contribution is 0.0953. The number of nitrogens with zero attached hydrogens (tertiary/aromatic N) is 1. The summed E-state index contributed by atoms with van der Waals surface area (Å²) in [5, 5.41) is 2.62. The Morgan fingerprint density at radius 1 is 1.56 bits per heavy atom. The van der Waals surface area contributed by atoms with Crippen molar-refractivity contribution in [2.45, 2.75) is 6.42 Å². The van der Waals surface area contributed by atoms with E-state index in [1.807, 2.05) is 0 Å². The highest BCUT2D eigenvalue weighted by Crippen LogP contribution is 2.15. The summed E-state index contributed by atoms with van der Waals surface area (Å²) in [7, 11) is -3.01. The molecule has 0 radical (unpaired) electrons. The van der Waals surface area contributed by atoms with Crippen molar-refractivity contribution in [2.24, 2.45) is 0 Å². The number of aromatic nitrogens is 1. The Morgan fingerprint density at radius 3 is 2.83 bits per heavy atom. The van der Waals surface area contributed by atoms with Gasteiger partial charge in [-0.25, -0.2) is 13.4 Å². The Morgan fingerprint density at radius 2 is 2.22 bits per heavy atom. The number of carbonyl (C=O) groups is 1. The minimum absolute atomic E-state index is 0.0240. The van der Waals surface area contributed by atoms with Gasteiger partial charge in [-0.1, -0.05) is 11.6 Å². The van der Waals surface area contributed by atoms with Crippen molar-refractivity contribution in [1.29, 1.82) is 0 Å². The second-order valence-electron chi connectivity index (χ2n) is 3.85. The van der Waals surface area contributed by atoms with Crippen molar-refractivity contribution in [1.82, 2.24) is 10.3 Å². The molecule has 0 atom stereocenters. The fraction of sp³-hybridized carbons (Fsp3) is 0.400. The van der Waals surface area contributed by atoms with E-state index < -0.39 is 15.7 Å². The molecule has 6 nitrogen and oxygen atoms in total. The molecule has 100 valence electrons. The molecule has 1 heterocycles. The van der Waals surface area contributed by atoms with Gasteiger partial charge in [0.2, 0.25) is 0 Å². The SMILES string of the molecule is CS(=O)(=O)CCCNC(=O)c1cc(N)cnc1Cl. The number of carbonyl (C=O) groups excluding carboxylic acids is 1. The van der Waals surface area contributed by atoms with E-state index in [9.17, 15) is 13.2 Å². The molecule has 0 aromatic carbocycles. The zero-order valence-corrected chi connectivity index (χ0v) is 11.4. The number of sulfone groups is 1. The number of anilines is 1. The fourth-order valence-corrected chi connectivity index (χ4v) is 2.11. The van der Waals surface area contributed by atoms with E-state index in [1.165, 1.54) is 12.3 Å². The van der Waals surface area contributed by atoms with Crippen molar-refractivity contribution in [3.63, 3.8) is 0 Å². The second-order valence-corrected chi connectivity index (χ2v) is 6.46. The number of halogens is 1. The van der Waals surface area contributed by atoms with Crippen molar-refractivity contribution >= 4 is 33.0 Å². The predicted molar refractivity (Wildman–Crippen MR) is 70.3 cm³/mol. The average Bonchev–Trinajstić information content (AvgIpc) is 2.26. The Kier molecular flexibility index (Phi) is 4.92. The molecule has 1 rings (SSSR count). The van der Waals surface area contributed by atoms with Crippen LogP contribution in [0, 0.1) is 0 Å². The summed E-state index contributed by atoms with van der Waals surface area (Å²) in [5.74, 6) is -0.399. The molecule has 1 aromatic heterocycles. The molecule has 3 N–H and O–H groups in total. The van der Waals surface area contributed by atoms with Gasteiger partial charge in [0.25, 0.3) is 5.91 Å². The molecule has 18 heavy (non-hydrogen) atoms. The van der Waals surface area contributed by atoms with Crippen LogP contribution in [0.3, 0.4) is 0 Å². The summed E-state index contributed by atoms with van der Waals surface area (Å²) in [6.07, 6.45) is 2.84. The van der Waals surface area contributed by atoms with Gasteiger partial charge in [0.15, 0.2) is 0 Å². The number of hydrogen-bond donors (Lipinski definition) is 2. The first kappa shape index (κ1) is 14.7. The van der Waals surface area contributed by atoms with E-state index in [0.29, 0.717) is 12.1 Å². The van der Waals surface area contributed by atoms with Gasteiger partial charge in [-0.3, -0.25) is 4.79 Å². The number of nitrogen functional groups attached to an aromatic ring is 1. The third-order valence-corrected chi connectivity index (χ3v) is 3.41. The highest BCUT2D eigenvalue weighted by atomic mass is 35.5. The molecule has 1 aromatic rings. The van der Waals surface area contributed by atoms with Crippen LogP contribution in [0.15, 0.2) is 12.3 Å². The van der Waals surface area contributed by atoms with Crippen LogP contribution < -0.4 is 11.1 Å². The van der Waals surface area contributed by atoms with E-state index in [-0.39, 0.29) is 23.0 Å². The first-order chi connectivity index (χ1) is 8.29. The molecule has 0 bridgehead atoms.